The minimum atomic E-state index is 0.120. The molecular formula is C22H27Cl2NO3. The number of amides is 1. The van der Waals surface area contributed by atoms with Crippen LogP contribution in [0.1, 0.15) is 31.4 Å². The highest BCUT2D eigenvalue weighted by atomic mass is 35.5. The summed E-state index contributed by atoms with van der Waals surface area (Å²) in [7, 11) is 3.21. The molecule has 152 valence electrons. The zero-order chi connectivity index (χ0) is 20.7. The van der Waals surface area contributed by atoms with Crippen LogP contribution in [0.5, 0.6) is 11.5 Å². The van der Waals surface area contributed by atoms with E-state index in [1.165, 1.54) is 0 Å². The van der Waals surface area contributed by atoms with Crippen LogP contribution in [0.25, 0.3) is 0 Å². The van der Waals surface area contributed by atoms with Crippen LogP contribution < -0.4 is 9.47 Å². The Bertz CT molecular complexity index is 808. The first-order valence-corrected chi connectivity index (χ1v) is 10.0. The van der Waals surface area contributed by atoms with Crippen LogP contribution in [0, 0.1) is 5.92 Å². The third-order valence-corrected chi connectivity index (χ3v) is 5.01. The van der Waals surface area contributed by atoms with Gasteiger partial charge in [0.05, 0.1) is 14.2 Å². The van der Waals surface area contributed by atoms with E-state index in [9.17, 15) is 4.79 Å². The fourth-order valence-corrected chi connectivity index (χ4v) is 3.45. The number of hydrogen-bond acceptors (Lipinski definition) is 3. The van der Waals surface area contributed by atoms with E-state index in [0.29, 0.717) is 53.4 Å². The second kappa shape index (κ2) is 10.6. The van der Waals surface area contributed by atoms with E-state index >= 15 is 0 Å². The monoisotopic (exact) mass is 423 g/mol. The third kappa shape index (κ3) is 6.32. The molecule has 2 aromatic rings. The Morgan fingerprint density at radius 3 is 2.36 bits per heavy atom. The number of methoxy groups -OCH3 is 2. The van der Waals surface area contributed by atoms with Crippen LogP contribution in [-0.4, -0.2) is 31.6 Å². The molecule has 0 saturated carbocycles. The smallest absolute Gasteiger partial charge is 0.223 e. The quantitative estimate of drug-likeness (QED) is 0.524. The van der Waals surface area contributed by atoms with Crippen molar-refractivity contribution in [2.24, 2.45) is 5.92 Å². The van der Waals surface area contributed by atoms with E-state index in [0.717, 1.165) is 11.1 Å². The summed E-state index contributed by atoms with van der Waals surface area (Å²) in [6, 6.07) is 11.2. The summed E-state index contributed by atoms with van der Waals surface area (Å²) in [6.07, 6.45) is 1.16. The van der Waals surface area contributed by atoms with Crippen molar-refractivity contribution in [2.45, 2.75) is 33.2 Å². The summed E-state index contributed by atoms with van der Waals surface area (Å²) in [5.74, 6) is 1.73. The number of hydrogen-bond donors (Lipinski definition) is 0. The summed E-state index contributed by atoms with van der Waals surface area (Å²) in [6.45, 7) is 5.16. The first-order valence-electron chi connectivity index (χ1n) is 9.26. The first-order chi connectivity index (χ1) is 13.3. The molecule has 0 aromatic heterocycles. The Morgan fingerprint density at radius 2 is 1.75 bits per heavy atom. The van der Waals surface area contributed by atoms with Gasteiger partial charge in [0, 0.05) is 29.6 Å². The summed E-state index contributed by atoms with van der Waals surface area (Å²) in [5.41, 5.74) is 1.96. The van der Waals surface area contributed by atoms with Crippen molar-refractivity contribution in [2.75, 3.05) is 20.8 Å². The van der Waals surface area contributed by atoms with Crippen molar-refractivity contribution in [3.8, 4) is 11.5 Å². The lowest BCUT2D eigenvalue weighted by atomic mass is 10.1. The van der Waals surface area contributed by atoms with E-state index in [4.69, 9.17) is 32.7 Å². The Kier molecular flexibility index (Phi) is 8.46. The average Bonchev–Trinajstić information content (AvgIpc) is 2.65. The lowest BCUT2D eigenvalue weighted by molar-refractivity contribution is -0.132. The minimum absolute atomic E-state index is 0.120. The molecular weight excluding hydrogens is 397 g/mol. The van der Waals surface area contributed by atoms with Crippen LogP contribution in [0.4, 0.5) is 0 Å². The van der Waals surface area contributed by atoms with Gasteiger partial charge in [-0.15, -0.1) is 0 Å². The number of carbonyl (C=O) groups excluding carboxylic acids is 1. The van der Waals surface area contributed by atoms with Crippen molar-refractivity contribution in [1.29, 1.82) is 0 Å². The molecule has 0 unspecified atom stereocenters. The zero-order valence-electron chi connectivity index (χ0n) is 16.8. The molecule has 0 heterocycles. The number of rotatable bonds is 9. The highest BCUT2D eigenvalue weighted by Gasteiger charge is 2.17. The van der Waals surface area contributed by atoms with Gasteiger partial charge in [-0.05, 0) is 47.7 Å². The van der Waals surface area contributed by atoms with Gasteiger partial charge in [-0.25, -0.2) is 0 Å². The molecule has 0 aliphatic carbocycles. The fraction of sp³-hybridized carbons (Fsp3) is 0.409. The van der Waals surface area contributed by atoms with E-state index in [1.807, 2.05) is 49.1 Å². The number of nitrogens with zero attached hydrogens (tertiary/aromatic N) is 1. The molecule has 4 nitrogen and oxygen atoms in total. The topological polar surface area (TPSA) is 38.8 Å². The lowest BCUT2D eigenvalue weighted by Gasteiger charge is -2.24. The van der Waals surface area contributed by atoms with Crippen molar-refractivity contribution in [3.05, 3.63) is 57.6 Å². The lowest BCUT2D eigenvalue weighted by Crippen LogP contribution is -2.33. The fourth-order valence-electron chi connectivity index (χ4n) is 2.95. The predicted molar refractivity (Wildman–Crippen MR) is 115 cm³/mol. The van der Waals surface area contributed by atoms with Gasteiger partial charge in [0.25, 0.3) is 0 Å². The van der Waals surface area contributed by atoms with Crippen LogP contribution in [-0.2, 0) is 17.8 Å². The van der Waals surface area contributed by atoms with Crippen molar-refractivity contribution >= 4 is 29.1 Å². The number of halogens is 2. The second-order valence-electron chi connectivity index (χ2n) is 7.09. The number of carbonyl (C=O) groups is 1. The maximum Gasteiger partial charge on any atom is 0.223 e. The number of benzene rings is 2. The Labute approximate surface area is 177 Å². The standard InChI is InChI=1S/C22H27Cl2NO3/c1-15(2)11-22(26)25(10-9-17-6-7-18(23)13-19(17)24)14-16-5-8-20(27-3)21(12-16)28-4/h5-8,12-13,15H,9-11,14H2,1-4H3. The zero-order valence-corrected chi connectivity index (χ0v) is 18.3. The normalized spacial score (nSPS) is 10.8. The maximum atomic E-state index is 12.8. The Hall–Kier alpha value is -1.91. The molecule has 0 fully saturated rings. The van der Waals surface area contributed by atoms with Crippen molar-refractivity contribution in [1.82, 2.24) is 4.90 Å². The highest BCUT2D eigenvalue weighted by Crippen LogP contribution is 2.28. The molecule has 2 rings (SSSR count). The van der Waals surface area contributed by atoms with Gasteiger partial charge in [-0.2, -0.15) is 0 Å². The third-order valence-electron chi connectivity index (χ3n) is 4.42. The number of ether oxygens (including phenoxy) is 2. The van der Waals surface area contributed by atoms with Crippen LogP contribution in [0.2, 0.25) is 10.0 Å². The SMILES string of the molecule is COc1ccc(CN(CCc2ccc(Cl)cc2Cl)C(=O)CC(C)C)cc1OC. The Balaban J connectivity index is 2.18. The minimum Gasteiger partial charge on any atom is -0.493 e. The molecule has 2 aromatic carbocycles. The molecule has 0 radical (unpaired) electrons. The van der Waals surface area contributed by atoms with Gasteiger partial charge in [0.2, 0.25) is 5.91 Å². The molecule has 0 saturated heterocycles. The van der Waals surface area contributed by atoms with E-state index in [-0.39, 0.29) is 5.91 Å². The van der Waals surface area contributed by atoms with Gasteiger partial charge >= 0.3 is 0 Å². The van der Waals surface area contributed by atoms with Gasteiger partial charge in [-0.3, -0.25) is 4.79 Å². The largest absolute Gasteiger partial charge is 0.493 e. The Morgan fingerprint density at radius 1 is 1.04 bits per heavy atom. The molecule has 0 spiro atoms. The van der Waals surface area contributed by atoms with Crippen molar-refractivity contribution < 1.29 is 14.3 Å². The van der Waals surface area contributed by atoms with Gasteiger partial charge in [-0.1, -0.05) is 49.2 Å². The van der Waals surface area contributed by atoms with Crippen LogP contribution in [0.15, 0.2) is 36.4 Å². The molecule has 6 heteroatoms. The summed E-state index contributed by atoms with van der Waals surface area (Å²) in [4.78, 5) is 14.7. The van der Waals surface area contributed by atoms with Crippen molar-refractivity contribution in [3.63, 3.8) is 0 Å². The first kappa shape index (κ1) is 22.4. The van der Waals surface area contributed by atoms with Gasteiger partial charge in [0.15, 0.2) is 11.5 Å². The molecule has 0 aliphatic rings. The molecule has 0 bridgehead atoms. The van der Waals surface area contributed by atoms with Crippen LogP contribution in [0.3, 0.4) is 0 Å². The molecule has 0 aliphatic heterocycles. The molecule has 1 amide bonds. The summed E-state index contributed by atoms with van der Waals surface area (Å²) in [5, 5.41) is 1.22. The summed E-state index contributed by atoms with van der Waals surface area (Å²) < 4.78 is 10.7. The van der Waals surface area contributed by atoms with E-state index < -0.39 is 0 Å². The predicted octanol–water partition coefficient (Wildman–Crippen LogP) is 5.63. The summed E-state index contributed by atoms with van der Waals surface area (Å²) >= 11 is 12.3. The molecule has 0 N–H and O–H groups in total. The molecule has 0 atom stereocenters. The highest BCUT2D eigenvalue weighted by molar-refractivity contribution is 6.35. The van der Waals surface area contributed by atoms with Crippen LogP contribution >= 0.6 is 23.2 Å². The van der Waals surface area contributed by atoms with E-state index in [2.05, 4.69) is 0 Å². The maximum absolute atomic E-state index is 12.8. The molecule has 28 heavy (non-hydrogen) atoms. The average molecular weight is 424 g/mol. The second-order valence-corrected chi connectivity index (χ2v) is 7.93. The van der Waals surface area contributed by atoms with Gasteiger partial charge in [0.1, 0.15) is 0 Å². The van der Waals surface area contributed by atoms with E-state index in [1.54, 1.807) is 20.3 Å². The van der Waals surface area contributed by atoms with Gasteiger partial charge < -0.3 is 14.4 Å².